The van der Waals surface area contributed by atoms with Gasteiger partial charge in [-0.05, 0) is 43.7 Å². The molecule has 0 unspecified atom stereocenters. The molecule has 1 heterocycles. The fraction of sp³-hybridized carbons (Fsp3) is 0.500. The molecule has 2 aliphatic rings. The van der Waals surface area contributed by atoms with Crippen LogP contribution < -0.4 is 10.2 Å². The van der Waals surface area contributed by atoms with Crippen molar-refractivity contribution in [3.05, 3.63) is 42.0 Å². The number of para-hydroxylation sites is 1. The molecule has 21 heavy (non-hydrogen) atoms. The second kappa shape index (κ2) is 6.33. The molecular weight excluding hydrogens is 260 g/mol. The number of amides is 1. The van der Waals surface area contributed by atoms with Crippen molar-refractivity contribution in [1.82, 2.24) is 5.32 Å². The highest BCUT2D eigenvalue weighted by Gasteiger charge is 2.23. The van der Waals surface area contributed by atoms with E-state index in [1.807, 2.05) is 0 Å². The summed E-state index contributed by atoms with van der Waals surface area (Å²) in [6.45, 7) is 3.98. The van der Waals surface area contributed by atoms with Gasteiger partial charge >= 0.3 is 0 Å². The van der Waals surface area contributed by atoms with E-state index in [0.29, 0.717) is 18.4 Å². The van der Waals surface area contributed by atoms with Crippen LogP contribution in [-0.4, -0.2) is 25.0 Å². The first-order valence-corrected chi connectivity index (χ1v) is 8.02. The third-order valence-corrected chi connectivity index (χ3v) is 4.61. The molecule has 1 N–H and O–H groups in total. The summed E-state index contributed by atoms with van der Waals surface area (Å²) in [5.41, 5.74) is 2.75. The molecular formula is C18H24N2O. The molecule has 0 bridgehead atoms. The van der Waals surface area contributed by atoms with Gasteiger partial charge in [0.1, 0.15) is 0 Å². The Kier molecular flexibility index (Phi) is 4.28. The van der Waals surface area contributed by atoms with Crippen LogP contribution in [0.3, 0.4) is 0 Å². The standard InChI is InChI=1S/C18H24N2O/c1-14(13-19-18(21)12-15-6-2-3-7-15)20-11-10-16-8-4-5-9-17(16)20/h2,4-6,8-9,14-15H,3,7,10-13H2,1H3,(H,19,21)/t14-,15-/m0/s1. The predicted molar refractivity (Wildman–Crippen MR) is 86.4 cm³/mol. The number of carbonyl (C=O) groups is 1. The summed E-state index contributed by atoms with van der Waals surface area (Å²) in [6.07, 6.45) is 8.37. The minimum Gasteiger partial charge on any atom is -0.366 e. The molecule has 112 valence electrons. The van der Waals surface area contributed by atoms with Crippen LogP contribution in [0, 0.1) is 5.92 Å². The lowest BCUT2D eigenvalue weighted by Crippen LogP contribution is -2.41. The number of nitrogens with one attached hydrogen (secondary N) is 1. The third kappa shape index (κ3) is 3.29. The van der Waals surface area contributed by atoms with Crippen LogP contribution in [0.15, 0.2) is 36.4 Å². The van der Waals surface area contributed by atoms with Crippen molar-refractivity contribution in [2.75, 3.05) is 18.0 Å². The first-order chi connectivity index (χ1) is 10.2. The molecule has 1 aliphatic heterocycles. The Morgan fingerprint density at radius 2 is 2.29 bits per heavy atom. The molecule has 0 saturated carbocycles. The van der Waals surface area contributed by atoms with Crippen LogP contribution in [0.2, 0.25) is 0 Å². The Morgan fingerprint density at radius 1 is 1.43 bits per heavy atom. The molecule has 0 fully saturated rings. The van der Waals surface area contributed by atoms with E-state index < -0.39 is 0 Å². The van der Waals surface area contributed by atoms with Gasteiger partial charge in [-0.3, -0.25) is 4.79 Å². The predicted octanol–water partition coefficient (Wildman–Crippen LogP) is 2.91. The largest absolute Gasteiger partial charge is 0.366 e. The highest BCUT2D eigenvalue weighted by molar-refractivity contribution is 5.76. The zero-order chi connectivity index (χ0) is 14.7. The Hall–Kier alpha value is -1.77. The van der Waals surface area contributed by atoms with Crippen molar-refractivity contribution < 1.29 is 4.79 Å². The van der Waals surface area contributed by atoms with Crippen LogP contribution in [0.1, 0.15) is 31.7 Å². The van der Waals surface area contributed by atoms with Gasteiger partial charge in [-0.25, -0.2) is 0 Å². The Bertz CT molecular complexity index is 538. The quantitative estimate of drug-likeness (QED) is 0.843. The van der Waals surface area contributed by atoms with E-state index in [1.54, 1.807) is 0 Å². The molecule has 3 rings (SSSR count). The molecule has 0 spiro atoms. The van der Waals surface area contributed by atoms with Crippen molar-refractivity contribution in [1.29, 1.82) is 0 Å². The van der Waals surface area contributed by atoms with Gasteiger partial charge in [-0.15, -0.1) is 0 Å². The summed E-state index contributed by atoms with van der Waals surface area (Å²) in [4.78, 5) is 14.4. The minimum atomic E-state index is 0.186. The number of benzene rings is 1. The topological polar surface area (TPSA) is 32.3 Å². The van der Waals surface area contributed by atoms with Crippen molar-refractivity contribution in [3.8, 4) is 0 Å². The number of fused-ring (bicyclic) bond motifs is 1. The normalized spacial score (nSPS) is 21.4. The van der Waals surface area contributed by atoms with Crippen molar-refractivity contribution in [3.63, 3.8) is 0 Å². The zero-order valence-electron chi connectivity index (χ0n) is 12.7. The Morgan fingerprint density at radius 3 is 3.10 bits per heavy atom. The average molecular weight is 284 g/mol. The maximum absolute atomic E-state index is 12.0. The van der Waals surface area contributed by atoms with Crippen molar-refractivity contribution in [2.24, 2.45) is 5.92 Å². The zero-order valence-corrected chi connectivity index (χ0v) is 12.7. The summed E-state index contributed by atoms with van der Waals surface area (Å²) in [5, 5.41) is 3.10. The van der Waals surface area contributed by atoms with Crippen LogP contribution in [0.5, 0.6) is 0 Å². The molecule has 1 amide bonds. The number of hydrogen-bond acceptors (Lipinski definition) is 2. The fourth-order valence-corrected chi connectivity index (χ4v) is 3.37. The number of rotatable bonds is 5. The van der Waals surface area contributed by atoms with E-state index >= 15 is 0 Å². The first-order valence-electron chi connectivity index (χ1n) is 8.02. The lowest BCUT2D eigenvalue weighted by atomic mass is 10.1. The van der Waals surface area contributed by atoms with Crippen molar-refractivity contribution >= 4 is 11.6 Å². The average Bonchev–Trinajstić information content (AvgIpc) is 3.13. The summed E-state index contributed by atoms with van der Waals surface area (Å²) in [6, 6.07) is 8.92. The molecule has 1 aromatic carbocycles. The highest BCUT2D eigenvalue weighted by atomic mass is 16.1. The Labute approximate surface area is 127 Å². The molecule has 1 aromatic rings. The lowest BCUT2D eigenvalue weighted by Gasteiger charge is -2.27. The van der Waals surface area contributed by atoms with Gasteiger partial charge in [-0.1, -0.05) is 30.4 Å². The summed E-state index contributed by atoms with van der Waals surface area (Å²) >= 11 is 0. The molecule has 3 nitrogen and oxygen atoms in total. The maximum Gasteiger partial charge on any atom is 0.220 e. The molecule has 3 heteroatoms. The second-order valence-electron chi connectivity index (χ2n) is 6.19. The van der Waals surface area contributed by atoms with Gasteiger partial charge in [-0.2, -0.15) is 0 Å². The molecule has 2 atom stereocenters. The number of carbonyl (C=O) groups excluding carboxylic acids is 1. The number of nitrogens with zero attached hydrogens (tertiary/aromatic N) is 1. The van der Waals surface area contributed by atoms with Gasteiger partial charge in [0.2, 0.25) is 5.91 Å². The summed E-state index contributed by atoms with van der Waals surface area (Å²) in [5.74, 6) is 0.638. The van der Waals surface area contributed by atoms with Crippen LogP contribution in [0.25, 0.3) is 0 Å². The Balaban J connectivity index is 1.49. The fourth-order valence-electron chi connectivity index (χ4n) is 3.37. The van der Waals surface area contributed by atoms with E-state index in [1.165, 1.54) is 11.3 Å². The van der Waals surface area contributed by atoms with Crippen LogP contribution in [-0.2, 0) is 11.2 Å². The second-order valence-corrected chi connectivity index (χ2v) is 6.19. The number of allylic oxidation sites excluding steroid dienone is 2. The molecule has 0 aromatic heterocycles. The monoisotopic (exact) mass is 284 g/mol. The van der Waals surface area contributed by atoms with E-state index in [4.69, 9.17) is 0 Å². The van der Waals surface area contributed by atoms with Gasteiger partial charge in [0, 0.05) is 31.2 Å². The molecule has 0 radical (unpaired) electrons. The van der Waals surface area contributed by atoms with Gasteiger partial charge in [0.05, 0.1) is 0 Å². The molecule has 0 saturated heterocycles. The smallest absolute Gasteiger partial charge is 0.220 e. The number of hydrogen-bond donors (Lipinski definition) is 1. The third-order valence-electron chi connectivity index (χ3n) is 4.61. The van der Waals surface area contributed by atoms with E-state index in [-0.39, 0.29) is 5.91 Å². The van der Waals surface area contributed by atoms with E-state index in [9.17, 15) is 4.79 Å². The van der Waals surface area contributed by atoms with Gasteiger partial charge in [0.25, 0.3) is 0 Å². The van der Waals surface area contributed by atoms with Gasteiger partial charge in [0.15, 0.2) is 0 Å². The highest BCUT2D eigenvalue weighted by Crippen LogP contribution is 2.29. The number of anilines is 1. The molecule has 1 aliphatic carbocycles. The van der Waals surface area contributed by atoms with E-state index in [0.717, 1.165) is 32.4 Å². The minimum absolute atomic E-state index is 0.186. The van der Waals surface area contributed by atoms with E-state index in [2.05, 4.69) is 53.6 Å². The first kappa shape index (κ1) is 14.2. The summed E-state index contributed by atoms with van der Waals surface area (Å²) in [7, 11) is 0. The summed E-state index contributed by atoms with van der Waals surface area (Å²) < 4.78 is 0. The SMILES string of the molecule is C[C@@H](CNC(=O)C[C@H]1C=CCC1)N1CCc2ccccc21. The van der Waals surface area contributed by atoms with Crippen LogP contribution in [0.4, 0.5) is 5.69 Å². The lowest BCUT2D eigenvalue weighted by molar-refractivity contribution is -0.121. The van der Waals surface area contributed by atoms with Crippen molar-refractivity contribution in [2.45, 2.75) is 38.6 Å². The van der Waals surface area contributed by atoms with Crippen LogP contribution >= 0.6 is 0 Å². The maximum atomic E-state index is 12.0. The van der Waals surface area contributed by atoms with Gasteiger partial charge < -0.3 is 10.2 Å².